The van der Waals surface area contributed by atoms with Gasteiger partial charge in [0.1, 0.15) is 11.2 Å². The first-order valence-corrected chi connectivity index (χ1v) is 17.1. The van der Waals surface area contributed by atoms with Crippen LogP contribution in [0.1, 0.15) is 0 Å². The predicted molar refractivity (Wildman–Crippen MR) is 212 cm³/mol. The zero-order valence-electron chi connectivity index (χ0n) is 27.3. The lowest BCUT2D eigenvalue weighted by atomic mass is 9.99. The predicted octanol–water partition coefficient (Wildman–Crippen LogP) is 13.4. The molecule has 0 fully saturated rings. The van der Waals surface area contributed by atoms with E-state index in [0.29, 0.717) is 0 Å². The van der Waals surface area contributed by atoms with Gasteiger partial charge in [-0.05, 0) is 86.3 Å². The third-order valence-corrected chi connectivity index (χ3v) is 10.0. The lowest BCUT2D eigenvalue weighted by molar-refractivity contribution is 0.669. The van der Waals surface area contributed by atoms with E-state index < -0.39 is 0 Å². The summed E-state index contributed by atoms with van der Waals surface area (Å²) in [4.78, 5) is 0. The Balaban J connectivity index is 1.46. The van der Waals surface area contributed by atoms with Gasteiger partial charge >= 0.3 is 0 Å². The van der Waals surface area contributed by atoms with Gasteiger partial charge in [0.2, 0.25) is 0 Å². The molecule has 0 aliphatic heterocycles. The Morgan fingerprint density at radius 1 is 0.280 bits per heavy atom. The maximum absolute atomic E-state index is 6.53. The smallest absolute Gasteiger partial charge is 0.136 e. The highest BCUT2D eigenvalue weighted by Crippen LogP contribution is 2.39. The van der Waals surface area contributed by atoms with Crippen molar-refractivity contribution in [1.29, 1.82) is 0 Å². The number of para-hydroxylation sites is 1. The molecule has 0 spiro atoms. The van der Waals surface area contributed by atoms with Gasteiger partial charge in [0.25, 0.3) is 0 Å². The molecular formula is C48H31NO. The number of fused-ring (bicyclic) bond motifs is 10. The van der Waals surface area contributed by atoms with Crippen LogP contribution in [0.25, 0.3) is 93.2 Å². The molecule has 10 rings (SSSR count). The van der Waals surface area contributed by atoms with Crippen molar-refractivity contribution in [2.45, 2.75) is 0 Å². The monoisotopic (exact) mass is 637 g/mol. The molecule has 234 valence electrons. The number of hydrogen-bond acceptors (Lipinski definition) is 1. The molecule has 2 heterocycles. The van der Waals surface area contributed by atoms with Crippen LogP contribution in [0.2, 0.25) is 0 Å². The van der Waals surface area contributed by atoms with Gasteiger partial charge < -0.3 is 8.98 Å². The summed E-state index contributed by atoms with van der Waals surface area (Å²) in [5.41, 5.74) is 9.84. The van der Waals surface area contributed by atoms with Crippen molar-refractivity contribution in [3.63, 3.8) is 0 Å². The van der Waals surface area contributed by atoms with E-state index in [9.17, 15) is 0 Å². The van der Waals surface area contributed by atoms with Crippen LogP contribution in [-0.2, 0) is 0 Å². The number of rotatable bonds is 3. The van der Waals surface area contributed by atoms with E-state index in [-0.39, 0.29) is 0 Å². The fourth-order valence-corrected chi connectivity index (χ4v) is 7.66. The summed E-state index contributed by atoms with van der Waals surface area (Å²) in [6, 6.07) is 67.8. The van der Waals surface area contributed by atoms with E-state index in [0.717, 1.165) is 44.0 Å². The molecule has 0 saturated carbocycles. The van der Waals surface area contributed by atoms with Gasteiger partial charge in [-0.1, -0.05) is 146 Å². The minimum atomic E-state index is 0.881. The molecule has 10 aromatic rings. The summed E-state index contributed by atoms with van der Waals surface area (Å²) < 4.78 is 8.98. The summed E-state index contributed by atoms with van der Waals surface area (Å²) in [6.07, 6.45) is 0. The Morgan fingerprint density at radius 2 is 0.760 bits per heavy atom. The quantitative estimate of drug-likeness (QED) is 0.188. The van der Waals surface area contributed by atoms with E-state index in [1.807, 2.05) is 6.07 Å². The molecule has 0 radical (unpaired) electrons. The highest BCUT2D eigenvalue weighted by molar-refractivity contribution is 6.22. The van der Waals surface area contributed by atoms with Gasteiger partial charge in [0.05, 0.1) is 11.0 Å². The lowest BCUT2D eigenvalue weighted by Gasteiger charge is -2.15. The van der Waals surface area contributed by atoms with Crippen LogP contribution in [0, 0.1) is 0 Å². The van der Waals surface area contributed by atoms with Gasteiger partial charge in [-0.25, -0.2) is 0 Å². The van der Waals surface area contributed by atoms with Crippen molar-refractivity contribution >= 4 is 65.3 Å². The average molecular weight is 638 g/mol. The van der Waals surface area contributed by atoms with Crippen molar-refractivity contribution in [3.05, 3.63) is 188 Å². The lowest BCUT2D eigenvalue weighted by Crippen LogP contribution is -1.98. The fourth-order valence-electron chi connectivity index (χ4n) is 7.66. The van der Waals surface area contributed by atoms with Crippen molar-refractivity contribution in [1.82, 2.24) is 4.57 Å². The standard InChI is InChI=1S/C48H31NO/c1-3-13-32(14-4-1)34-23-26-36(27-24-34)49-45-28-25-35(33-15-5-2-6-16-33)29-42(45)39-19-9-7-17-37(39)38-18-8-10-20-40(38)43-31-48-44(30-46(43)49)41-21-11-12-22-47(41)50-48/h1-31H. The zero-order valence-corrected chi connectivity index (χ0v) is 27.3. The average Bonchev–Trinajstić information content (AvgIpc) is 3.57. The summed E-state index contributed by atoms with van der Waals surface area (Å²) in [7, 11) is 0. The maximum atomic E-state index is 6.53. The van der Waals surface area contributed by atoms with Gasteiger partial charge in [-0.2, -0.15) is 0 Å². The minimum absolute atomic E-state index is 0.881. The molecule has 2 heteroatoms. The van der Waals surface area contributed by atoms with Gasteiger partial charge in [0, 0.05) is 27.2 Å². The normalized spacial score (nSPS) is 11.6. The van der Waals surface area contributed by atoms with Crippen molar-refractivity contribution < 1.29 is 4.42 Å². The van der Waals surface area contributed by atoms with Crippen LogP contribution in [0.5, 0.6) is 0 Å². The van der Waals surface area contributed by atoms with E-state index in [1.54, 1.807) is 0 Å². The molecule has 0 bridgehead atoms. The maximum Gasteiger partial charge on any atom is 0.136 e. The molecule has 0 N–H and O–H groups in total. The van der Waals surface area contributed by atoms with Crippen molar-refractivity contribution in [3.8, 4) is 27.9 Å². The molecular weight excluding hydrogens is 607 g/mol. The molecule has 2 aromatic heterocycles. The van der Waals surface area contributed by atoms with Gasteiger partial charge in [0.15, 0.2) is 0 Å². The first-order valence-electron chi connectivity index (χ1n) is 17.1. The van der Waals surface area contributed by atoms with E-state index in [1.165, 1.54) is 49.2 Å². The van der Waals surface area contributed by atoms with Gasteiger partial charge in [-0.3, -0.25) is 0 Å². The second kappa shape index (κ2) is 11.5. The fraction of sp³-hybridized carbons (Fsp3) is 0. The first-order chi connectivity index (χ1) is 24.8. The van der Waals surface area contributed by atoms with Crippen LogP contribution in [0.15, 0.2) is 192 Å². The minimum Gasteiger partial charge on any atom is -0.456 e. The van der Waals surface area contributed by atoms with E-state index in [4.69, 9.17) is 4.42 Å². The van der Waals surface area contributed by atoms with Crippen LogP contribution in [-0.4, -0.2) is 4.57 Å². The molecule has 0 amide bonds. The van der Waals surface area contributed by atoms with Crippen LogP contribution >= 0.6 is 0 Å². The van der Waals surface area contributed by atoms with Crippen LogP contribution in [0.4, 0.5) is 0 Å². The number of hydrogen-bond donors (Lipinski definition) is 0. The Hall–Kier alpha value is -6.64. The third-order valence-electron chi connectivity index (χ3n) is 10.0. The first kappa shape index (κ1) is 28.4. The second-order valence-electron chi connectivity index (χ2n) is 12.9. The molecule has 0 saturated heterocycles. The SMILES string of the molecule is c1ccc(-c2ccc(-n3c4ccc(-c5ccccc5)cc4c4ccccc4c4ccccc4c4cc5oc6ccccc6c5cc43)cc2)cc1. The third kappa shape index (κ3) is 4.57. The largest absolute Gasteiger partial charge is 0.456 e. The van der Waals surface area contributed by atoms with Crippen LogP contribution in [0.3, 0.4) is 0 Å². The van der Waals surface area contributed by atoms with Gasteiger partial charge in [-0.15, -0.1) is 0 Å². The van der Waals surface area contributed by atoms with E-state index in [2.05, 4.69) is 187 Å². The molecule has 8 aromatic carbocycles. The number of nitrogens with zero attached hydrogens (tertiary/aromatic N) is 1. The Morgan fingerprint density at radius 3 is 1.40 bits per heavy atom. The van der Waals surface area contributed by atoms with Crippen molar-refractivity contribution in [2.24, 2.45) is 0 Å². The summed E-state index contributed by atoms with van der Waals surface area (Å²) in [5, 5.41) is 9.26. The molecule has 0 aliphatic carbocycles. The second-order valence-corrected chi connectivity index (χ2v) is 12.9. The Bertz CT molecular complexity index is 2950. The Kier molecular flexibility index (Phi) is 6.53. The number of aromatic nitrogens is 1. The number of furan rings is 1. The van der Waals surface area contributed by atoms with E-state index >= 15 is 0 Å². The summed E-state index contributed by atoms with van der Waals surface area (Å²) >= 11 is 0. The topological polar surface area (TPSA) is 18.1 Å². The summed E-state index contributed by atoms with van der Waals surface area (Å²) in [5.74, 6) is 0. The molecule has 0 aliphatic rings. The number of benzene rings is 8. The highest BCUT2D eigenvalue weighted by atomic mass is 16.3. The van der Waals surface area contributed by atoms with Crippen molar-refractivity contribution in [2.75, 3.05) is 0 Å². The van der Waals surface area contributed by atoms with Crippen LogP contribution < -0.4 is 0 Å². The summed E-state index contributed by atoms with van der Waals surface area (Å²) in [6.45, 7) is 0. The highest BCUT2D eigenvalue weighted by Gasteiger charge is 2.15. The molecule has 2 nitrogen and oxygen atoms in total. The Labute approximate surface area is 289 Å². The zero-order chi connectivity index (χ0) is 33.0. The molecule has 0 unspecified atom stereocenters. The molecule has 0 atom stereocenters. The molecule has 50 heavy (non-hydrogen) atoms.